The summed E-state index contributed by atoms with van der Waals surface area (Å²) < 4.78 is 7.52. The summed E-state index contributed by atoms with van der Waals surface area (Å²) in [5, 5.41) is 12.4. The third-order valence-corrected chi connectivity index (χ3v) is 6.10. The number of carbonyl (C=O) groups is 1. The van der Waals surface area contributed by atoms with Gasteiger partial charge in [-0.3, -0.25) is 14.3 Å². The van der Waals surface area contributed by atoms with Crippen molar-refractivity contribution in [3.8, 4) is 22.8 Å². The zero-order valence-electron chi connectivity index (χ0n) is 19.4. The maximum absolute atomic E-state index is 12.6. The van der Waals surface area contributed by atoms with E-state index < -0.39 is 0 Å². The van der Waals surface area contributed by atoms with E-state index in [1.807, 2.05) is 72.2 Å². The molecule has 4 rings (SSSR count). The lowest BCUT2D eigenvalue weighted by Crippen LogP contribution is -2.14. The number of anilines is 1. The Morgan fingerprint density at radius 2 is 1.71 bits per heavy atom. The van der Waals surface area contributed by atoms with Crippen LogP contribution in [0.4, 0.5) is 5.69 Å². The lowest BCUT2D eigenvalue weighted by molar-refractivity contribution is -0.113. The van der Waals surface area contributed by atoms with E-state index in [1.165, 1.54) is 17.3 Å². The van der Waals surface area contributed by atoms with Crippen LogP contribution in [0.3, 0.4) is 0 Å². The Kier molecular flexibility index (Phi) is 7.59. The molecule has 0 saturated carbocycles. The van der Waals surface area contributed by atoms with Crippen LogP contribution in [0.2, 0.25) is 0 Å². The first kappa shape index (κ1) is 23.5. The van der Waals surface area contributed by atoms with Crippen LogP contribution in [-0.4, -0.2) is 38.0 Å². The molecule has 0 unspecified atom stereocenters. The molecule has 0 aliphatic rings. The maximum Gasteiger partial charge on any atom is 0.234 e. The van der Waals surface area contributed by atoms with E-state index in [4.69, 9.17) is 4.74 Å². The summed E-state index contributed by atoms with van der Waals surface area (Å²) in [6.07, 6.45) is 3.44. The summed E-state index contributed by atoms with van der Waals surface area (Å²) in [4.78, 5) is 16.7. The second kappa shape index (κ2) is 11.0. The third-order valence-electron chi connectivity index (χ3n) is 5.17. The van der Waals surface area contributed by atoms with Gasteiger partial charge < -0.3 is 10.1 Å². The summed E-state index contributed by atoms with van der Waals surface area (Å²) in [5.74, 6) is 2.02. The van der Waals surface area contributed by atoms with Crippen molar-refractivity contribution in [2.45, 2.75) is 31.8 Å². The molecule has 1 N–H and O–H groups in total. The SMILES string of the molecule is CCOc1ccc(-n2c(SCC(=O)Nc3ccc(C(C)C)cc3)nnc2-c2ccncc2)cc1. The van der Waals surface area contributed by atoms with Crippen LogP contribution in [0.1, 0.15) is 32.3 Å². The third kappa shape index (κ3) is 5.63. The van der Waals surface area contributed by atoms with Gasteiger partial charge in [-0.25, -0.2) is 0 Å². The number of thioether (sulfide) groups is 1. The van der Waals surface area contributed by atoms with Crippen molar-refractivity contribution in [1.29, 1.82) is 0 Å². The van der Waals surface area contributed by atoms with E-state index in [0.29, 0.717) is 23.5 Å². The number of pyridine rings is 1. The first-order valence-electron chi connectivity index (χ1n) is 11.2. The Labute approximate surface area is 203 Å². The van der Waals surface area contributed by atoms with Crippen LogP contribution < -0.4 is 10.1 Å². The Morgan fingerprint density at radius 1 is 1.00 bits per heavy atom. The number of hydrogen-bond acceptors (Lipinski definition) is 6. The van der Waals surface area contributed by atoms with Gasteiger partial charge in [0.15, 0.2) is 11.0 Å². The number of carbonyl (C=O) groups excluding carboxylic acids is 1. The quantitative estimate of drug-likeness (QED) is 0.320. The van der Waals surface area contributed by atoms with E-state index in [0.717, 1.165) is 22.7 Å². The predicted octanol–water partition coefficient (Wildman–Crippen LogP) is 5.58. The number of hydrogen-bond donors (Lipinski definition) is 1. The fraction of sp³-hybridized carbons (Fsp3) is 0.231. The van der Waals surface area contributed by atoms with Crippen LogP contribution in [0, 0.1) is 0 Å². The van der Waals surface area contributed by atoms with Crippen molar-refractivity contribution in [2.24, 2.45) is 0 Å². The average molecular weight is 474 g/mol. The van der Waals surface area contributed by atoms with Gasteiger partial charge in [-0.15, -0.1) is 10.2 Å². The van der Waals surface area contributed by atoms with Crippen molar-refractivity contribution in [2.75, 3.05) is 17.7 Å². The highest BCUT2D eigenvalue weighted by Crippen LogP contribution is 2.29. The molecule has 0 radical (unpaired) electrons. The van der Waals surface area contributed by atoms with Gasteiger partial charge in [0.1, 0.15) is 5.75 Å². The van der Waals surface area contributed by atoms with Crippen LogP contribution >= 0.6 is 11.8 Å². The van der Waals surface area contributed by atoms with Crippen LogP contribution in [0.5, 0.6) is 5.75 Å². The highest BCUT2D eigenvalue weighted by molar-refractivity contribution is 7.99. The smallest absolute Gasteiger partial charge is 0.234 e. The van der Waals surface area contributed by atoms with E-state index >= 15 is 0 Å². The fourth-order valence-electron chi connectivity index (χ4n) is 3.42. The molecule has 34 heavy (non-hydrogen) atoms. The van der Waals surface area contributed by atoms with Gasteiger partial charge in [-0.2, -0.15) is 0 Å². The lowest BCUT2D eigenvalue weighted by Gasteiger charge is -2.12. The highest BCUT2D eigenvalue weighted by atomic mass is 32.2. The molecule has 0 aliphatic heterocycles. The molecule has 7 nitrogen and oxygen atoms in total. The second-order valence-corrected chi connectivity index (χ2v) is 8.86. The predicted molar refractivity (Wildman–Crippen MR) is 136 cm³/mol. The standard InChI is InChI=1S/C26H27N5O2S/c1-4-33-23-11-9-22(10-12-23)31-25(20-13-15-27-16-14-20)29-30-26(31)34-17-24(32)28-21-7-5-19(6-8-21)18(2)3/h5-16,18H,4,17H2,1-3H3,(H,28,32). The molecule has 0 fully saturated rings. The Balaban J connectivity index is 1.54. The van der Waals surface area contributed by atoms with E-state index in [2.05, 4.69) is 34.3 Å². The molecule has 2 aromatic heterocycles. The van der Waals surface area contributed by atoms with Crippen LogP contribution in [0.15, 0.2) is 78.2 Å². The van der Waals surface area contributed by atoms with Gasteiger partial charge in [-0.1, -0.05) is 37.7 Å². The first-order valence-corrected chi connectivity index (χ1v) is 12.2. The molecular weight excluding hydrogens is 446 g/mol. The molecule has 174 valence electrons. The Morgan fingerprint density at radius 3 is 2.35 bits per heavy atom. The van der Waals surface area contributed by atoms with Gasteiger partial charge >= 0.3 is 0 Å². The molecule has 0 bridgehead atoms. The number of aromatic nitrogens is 4. The minimum Gasteiger partial charge on any atom is -0.494 e. The number of amides is 1. The zero-order valence-corrected chi connectivity index (χ0v) is 20.2. The molecule has 0 spiro atoms. The first-order chi connectivity index (χ1) is 16.5. The average Bonchev–Trinajstić information content (AvgIpc) is 3.28. The fourth-order valence-corrected chi connectivity index (χ4v) is 4.17. The van der Waals surface area contributed by atoms with Gasteiger partial charge in [0, 0.05) is 29.3 Å². The second-order valence-electron chi connectivity index (χ2n) is 7.92. The van der Waals surface area contributed by atoms with Gasteiger partial charge in [0.2, 0.25) is 5.91 Å². The van der Waals surface area contributed by atoms with Gasteiger partial charge in [0.25, 0.3) is 0 Å². The molecule has 0 aliphatic carbocycles. The minimum atomic E-state index is -0.103. The van der Waals surface area contributed by atoms with Crippen molar-refractivity contribution < 1.29 is 9.53 Å². The lowest BCUT2D eigenvalue weighted by atomic mass is 10.0. The molecule has 0 saturated heterocycles. The zero-order chi connectivity index (χ0) is 23.9. The summed E-state index contributed by atoms with van der Waals surface area (Å²) in [6, 6.07) is 19.5. The number of rotatable bonds is 9. The summed E-state index contributed by atoms with van der Waals surface area (Å²) in [6.45, 7) is 6.84. The number of benzene rings is 2. The largest absolute Gasteiger partial charge is 0.494 e. The van der Waals surface area contributed by atoms with E-state index in [-0.39, 0.29) is 11.7 Å². The normalized spacial score (nSPS) is 10.9. The molecule has 2 heterocycles. The summed E-state index contributed by atoms with van der Waals surface area (Å²) in [5.41, 5.74) is 3.78. The molecule has 0 atom stereocenters. The van der Waals surface area contributed by atoms with Crippen LogP contribution in [-0.2, 0) is 4.79 Å². The maximum atomic E-state index is 12.6. The van der Waals surface area contributed by atoms with Crippen molar-refractivity contribution in [3.05, 3.63) is 78.6 Å². The molecule has 2 aromatic carbocycles. The van der Waals surface area contributed by atoms with Crippen molar-refractivity contribution in [1.82, 2.24) is 19.7 Å². The van der Waals surface area contributed by atoms with Crippen LogP contribution in [0.25, 0.3) is 17.1 Å². The number of nitrogens with one attached hydrogen (secondary N) is 1. The van der Waals surface area contributed by atoms with Gasteiger partial charge in [0.05, 0.1) is 12.4 Å². The van der Waals surface area contributed by atoms with Gasteiger partial charge in [-0.05, 0) is 66.9 Å². The number of nitrogens with zero attached hydrogens (tertiary/aromatic N) is 4. The monoisotopic (exact) mass is 473 g/mol. The molecule has 4 aromatic rings. The molecule has 1 amide bonds. The van der Waals surface area contributed by atoms with Crippen molar-refractivity contribution in [3.63, 3.8) is 0 Å². The highest BCUT2D eigenvalue weighted by Gasteiger charge is 2.17. The van der Waals surface area contributed by atoms with E-state index in [9.17, 15) is 4.79 Å². The van der Waals surface area contributed by atoms with E-state index in [1.54, 1.807) is 12.4 Å². The molecular formula is C26H27N5O2S. The summed E-state index contributed by atoms with van der Waals surface area (Å²) >= 11 is 1.34. The minimum absolute atomic E-state index is 0.103. The Bertz CT molecular complexity index is 1220. The molecule has 8 heteroatoms. The number of ether oxygens (including phenoxy) is 1. The Hall–Kier alpha value is -3.65. The van der Waals surface area contributed by atoms with Crippen molar-refractivity contribution >= 4 is 23.4 Å². The summed E-state index contributed by atoms with van der Waals surface area (Å²) in [7, 11) is 0. The topological polar surface area (TPSA) is 81.9 Å².